The van der Waals surface area contributed by atoms with Gasteiger partial charge in [0.15, 0.2) is 0 Å². The van der Waals surface area contributed by atoms with Gasteiger partial charge in [0.25, 0.3) is 0 Å². The number of benzene rings is 1. The number of hydrogen-bond donors (Lipinski definition) is 0. The molecule has 4 nitrogen and oxygen atoms in total. The number of alkyl halides is 3. The standard InChI is InChI=1S/C27H34F3N3O/c1-20(32(2)3)22-5-7-23(8-6-22)24-9-10-25(31-17-24)34-18-21-11-15-33(16-12-21)19-26(13-4-14-26)27(28,29)30/h5-10,17,21H,1,4,11-16,18-19H2,2-3H3. The lowest BCUT2D eigenvalue weighted by atomic mass is 9.67. The molecule has 184 valence electrons. The van der Waals surface area contributed by atoms with Gasteiger partial charge in [0.2, 0.25) is 5.88 Å². The van der Waals surface area contributed by atoms with E-state index < -0.39 is 11.6 Å². The third-order valence-corrected chi connectivity index (χ3v) is 7.44. The molecule has 1 aliphatic heterocycles. The molecule has 4 rings (SSSR count). The Kier molecular flexibility index (Phi) is 7.22. The van der Waals surface area contributed by atoms with E-state index in [0.717, 1.165) is 35.2 Å². The normalized spacial score (nSPS) is 18.9. The highest BCUT2D eigenvalue weighted by molar-refractivity contribution is 5.68. The van der Waals surface area contributed by atoms with Crippen LogP contribution in [-0.4, -0.2) is 61.3 Å². The van der Waals surface area contributed by atoms with Gasteiger partial charge in [-0.15, -0.1) is 0 Å². The smallest absolute Gasteiger partial charge is 0.395 e. The van der Waals surface area contributed by atoms with Gasteiger partial charge >= 0.3 is 6.18 Å². The van der Waals surface area contributed by atoms with Crippen molar-refractivity contribution in [1.29, 1.82) is 0 Å². The van der Waals surface area contributed by atoms with Crippen molar-refractivity contribution in [2.75, 3.05) is 40.3 Å². The first-order valence-electron chi connectivity index (χ1n) is 12.0. The summed E-state index contributed by atoms with van der Waals surface area (Å²) in [4.78, 5) is 8.43. The summed E-state index contributed by atoms with van der Waals surface area (Å²) in [7, 11) is 3.95. The maximum Gasteiger partial charge on any atom is 0.395 e. The van der Waals surface area contributed by atoms with E-state index in [2.05, 4.69) is 35.8 Å². The molecule has 0 bridgehead atoms. The number of rotatable bonds is 8. The highest BCUT2D eigenvalue weighted by Crippen LogP contribution is 2.53. The molecular formula is C27H34F3N3O. The summed E-state index contributed by atoms with van der Waals surface area (Å²) in [6.45, 7) is 6.19. The third kappa shape index (κ3) is 5.40. The fraction of sp³-hybridized carbons (Fsp3) is 0.519. The average molecular weight is 474 g/mol. The first-order chi connectivity index (χ1) is 16.2. The van der Waals surface area contributed by atoms with E-state index in [1.165, 1.54) is 0 Å². The number of pyridine rings is 1. The van der Waals surface area contributed by atoms with Crippen molar-refractivity contribution in [3.8, 4) is 17.0 Å². The molecule has 2 aliphatic rings. The first kappa shape index (κ1) is 24.6. The lowest BCUT2D eigenvalue weighted by molar-refractivity contribution is -0.256. The van der Waals surface area contributed by atoms with E-state index in [9.17, 15) is 13.2 Å². The average Bonchev–Trinajstić information content (AvgIpc) is 2.80. The number of aromatic nitrogens is 1. The number of likely N-dealkylation sites (tertiary alicyclic amines) is 1. The van der Waals surface area contributed by atoms with Crippen LogP contribution >= 0.6 is 0 Å². The Bertz CT molecular complexity index is 958. The topological polar surface area (TPSA) is 28.6 Å². The van der Waals surface area contributed by atoms with E-state index >= 15 is 0 Å². The highest BCUT2D eigenvalue weighted by atomic mass is 19.4. The molecule has 1 aromatic carbocycles. The predicted octanol–water partition coefficient (Wildman–Crippen LogP) is 6.10. The van der Waals surface area contributed by atoms with E-state index in [-0.39, 0.29) is 19.4 Å². The van der Waals surface area contributed by atoms with Crippen LogP contribution in [0.2, 0.25) is 0 Å². The molecule has 1 saturated heterocycles. The van der Waals surface area contributed by atoms with Gasteiger partial charge in [-0.05, 0) is 61.9 Å². The second-order valence-corrected chi connectivity index (χ2v) is 9.97. The molecule has 0 N–H and O–H groups in total. The maximum atomic E-state index is 13.5. The Morgan fingerprint density at radius 2 is 1.74 bits per heavy atom. The lowest BCUT2D eigenvalue weighted by Crippen LogP contribution is -2.53. The van der Waals surface area contributed by atoms with Crippen LogP contribution in [0.5, 0.6) is 5.88 Å². The molecule has 0 atom stereocenters. The predicted molar refractivity (Wildman–Crippen MR) is 129 cm³/mol. The van der Waals surface area contributed by atoms with E-state index in [0.29, 0.717) is 37.9 Å². The lowest BCUT2D eigenvalue weighted by Gasteiger charge is -2.47. The summed E-state index contributed by atoms with van der Waals surface area (Å²) in [5.41, 5.74) is 2.65. The SMILES string of the molecule is C=C(c1ccc(-c2ccc(OCC3CCN(CC4(C(F)(F)F)CCC4)CC3)nc2)cc1)N(C)C. The largest absolute Gasteiger partial charge is 0.477 e. The third-order valence-electron chi connectivity index (χ3n) is 7.44. The zero-order chi connectivity index (χ0) is 24.3. The highest BCUT2D eigenvalue weighted by Gasteiger charge is 2.58. The molecule has 2 aromatic rings. The van der Waals surface area contributed by atoms with E-state index in [4.69, 9.17) is 4.74 Å². The van der Waals surface area contributed by atoms with Crippen molar-refractivity contribution < 1.29 is 17.9 Å². The van der Waals surface area contributed by atoms with Gasteiger partial charge in [-0.1, -0.05) is 37.3 Å². The molecule has 1 aliphatic carbocycles. The Morgan fingerprint density at radius 1 is 1.09 bits per heavy atom. The number of piperidine rings is 1. The van der Waals surface area contributed by atoms with Gasteiger partial charge in [-0.25, -0.2) is 4.98 Å². The minimum absolute atomic E-state index is 0.150. The molecule has 0 unspecified atom stereocenters. The van der Waals surface area contributed by atoms with Crippen LogP contribution in [0.3, 0.4) is 0 Å². The minimum Gasteiger partial charge on any atom is -0.477 e. The molecule has 2 fully saturated rings. The molecule has 0 spiro atoms. The Morgan fingerprint density at radius 3 is 2.24 bits per heavy atom. The van der Waals surface area contributed by atoms with Crippen LogP contribution in [0, 0.1) is 11.3 Å². The van der Waals surface area contributed by atoms with Crippen LogP contribution in [0.4, 0.5) is 13.2 Å². The van der Waals surface area contributed by atoms with Gasteiger partial charge in [-0.3, -0.25) is 0 Å². The van der Waals surface area contributed by atoms with Crippen LogP contribution in [0.25, 0.3) is 16.8 Å². The zero-order valence-corrected chi connectivity index (χ0v) is 20.1. The summed E-state index contributed by atoms with van der Waals surface area (Å²) < 4.78 is 46.3. The number of nitrogens with zero attached hydrogens (tertiary/aromatic N) is 3. The monoisotopic (exact) mass is 473 g/mol. The summed E-state index contributed by atoms with van der Waals surface area (Å²) in [5, 5.41) is 0. The van der Waals surface area contributed by atoms with Gasteiger partial charge in [0.05, 0.1) is 12.0 Å². The fourth-order valence-electron chi connectivity index (χ4n) is 4.83. The molecule has 0 amide bonds. The van der Waals surface area contributed by atoms with Crippen molar-refractivity contribution in [2.24, 2.45) is 11.3 Å². The van der Waals surface area contributed by atoms with Crippen LogP contribution in [-0.2, 0) is 0 Å². The van der Waals surface area contributed by atoms with Crippen molar-refractivity contribution in [2.45, 2.75) is 38.3 Å². The van der Waals surface area contributed by atoms with Gasteiger partial charge in [-0.2, -0.15) is 13.2 Å². The summed E-state index contributed by atoms with van der Waals surface area (Å²) >= 11 is 0. The van der Waals surface area contributed by atoms with Gasteiger partial charge < -0.3 is 14.5 Å². The quantitative estimate of drug-likeness (QED) is 0.463. The molecule has 1 aromatic heterocycles. The number of ether oxygens (including phenoxy) is 1. The van der Waals surface area contributed by atoms with E-state index in [1.807, 2.05) is 42.2 Å². The summed E-state index contributed by atoms with van der Waals surface area (Å²) in [6, 6.07) is 12.1. The van der Waals surface area contributed by atoms with Crippen LogP contribution < -0.4 is 4.74 Å². The van der Waals surface area contributed by atoms with Crippen molar-refractivity contribution >= 4 is 5.70 Å². The molecule has 0 radical (unpaired) electrons. The molecular weight excluding hydrogens is 439 g/mol. The van der Waals surface area contributed by atoms with E-state index in [1.54, 1.807) is 0 Å². The van der Waals surface area contributed by atoms with Crippen LogP contribution in [0.15, 0.2) is 49.2 Å². The van der Waals surface area contributed by atoms with Crippen LogP contribution in [0.1, 0.15) is 37.7 Å². The van der Waals surface area contributed by atoms with Crippen molar-refractivity contribution in [3.63, 3.8) is 0 Å². The molecule has 7 heteroatoms. The minimum atomic E-state index is -4.09. The fourth-order valence-corrected chi connectivity index (χ4v) is 4.83. The summed E-state index contributed by atoms with van der Waals surface area (Å²) in [5.74, 6) is 0.924. The number of halogens is 3. The zero-order valence-electron chi connectivity index (χ0n) is 20.1. The molecule has 1 saturated carbocycles. The second-order valence-electron chi connectivity index (χ2n) is 9.97. The molecule has 2 heterocycles. The summed E-state index contributed by atoms with van der Waals surface area (Å²) in [6.07, 6.45) is 0.669. The first-order valence-corrected chi connectivity index (χ1v) is 12.0. The van der Waals surface area contributed by atoms with Crippen molar-refractivity contribution in [1.82, 2.24) is 14.8 Å². The van der Waals surface area contributed by atoms with Gasteiger partial charge in [0, 0.05) is 44.2 Å². The second kappa shape index (κ2) is 9.98. The Balaban J connectivity index is 1.24. The van der Waals surface area contributed by atoms with Gasteiger partial charge in [0.1, 0.15) is 0 Å². The number of hydrogen-bond acceptors (Lipinski definition) is 4. The van der Waals surface area contributed by atoms with Crippen molar-refractivity contribution in [3.05, 3.63) is 54.7 Å². The molecule has 34 heavy (non-hydrogen) atoms. The Hall–Kier alpha value is -2.54. The Labute approximate surface area is 200 Å². The maximum absolute atomic E-state index is 13.5.